The lowest BCUT2D eigenvalue weighted by molar-refractivity contribution is 0.0875. The first-order chi connectivity index (χ1) is 8.58. The molecule has 3 unspecified atom stereocenters. The maximum absolute atomic E-state index is 5.82. The number of thiocarbonyl (C=S) groups is 1. The van der Waals surface area contributed by atoms with E-state index in [9.17, 15) is 0 Å². The van der Waals surface area contributed by atoms with Crippen LogP contribution in [0.4, 0.5) is 0 Å². The van der Waals surface area contributed by atoms with Crippen LogP contribution < -0.4 is 5.73 Å². The summed E-state index contributed by atoms with van der Waals surface area (Å²) in [6, 6.07) is 1.47. The Balaban J connectivity index is 2.01. The van der Waals surface area contributed by atoms with Gasteiger partial charge in [-0.3, -0.25) is 4.90 Å². The van der Waals surface area contributed by atoms with E-state index in [-0.39, 0.29) is 0 Å². The Morgan fingerprint density at radius 1 is 1.06 bits per heavy atom. The monoisotopic (exact) mass is 268 g/mol. The fourth-order valence-corrected chi connectivity index (χ4v) is 3.94. The van der Waals surface area contributed by atoms with E-state index >= 15 is 0 Å². The predicted molar refractivity (Wildman–Crippen MR) is 81.7 cm³/mol. The average molecular weight is 268 g/mol. The van der Waals surface area contributed by atoms with Gasteiger partial charge < -0.3 is 5.73 Å². The molecule has 2 aliphatic carbocycles. The zero-order valence-corrected chi connectivity index (χ0v) is 12.7. The van der Waals surface area contributed by atoms with Gasteiger partial charge in [0.2, 0.25) is 0 Å². The third kappa shape index (κ3) is 3.45. The summed E-state index contributed by atoms with van der Waals surface area (Å²) in [4.78, 5) is 3.32. The molecular weight excluding hydrogens is 240 g/mol. The summed E-state index contributed by atoms with van der Waals surface area (Å²) in [7, 11) is 0. The molecule has 0 aliphatic heterocycles. The first-order valence-electron chi connectivity index (χ1n) is 7.62. The van der Waals surface area contributed by atoms with Gasteiger partial charge in [-0.05, 0) is 43.9 Å². The molecule has 0 bridgehead atoms. The van der Waals surface area contributed by atoms with Gasteiger partial charge >= 0.3 is 0 Å². The van der Waals surface area contributed by atoms with Crippen LogP contribution in [0.2, 0.25) is 0 Å². The van der Waals surface area contributed by atoms with Gasteiger partial charge in [0.05, 0.1) is 4.99 Å². The molecule has 2 nitrogen and oxygen atoms in total. The van der Waals surface area contributed by atoms with Gasteiger partial charge in [-0.15, -0.1) is 0 Å². The van der Waals surface area contributed by atoms with Crippen molar-refractivity contribution in [2.45, 2.75) is 70.9 Å². The molecule has 0 aromatic carbocycles. The summed E-state index contributed by atoms with van der Waals surface area (Å²) in [6.07, 6.45) is 9.51. The van der Waals surface area contributed by atoms with Crippen molar-refractivity contribution < 1.29 is 0 Å². The highest BCUT2D eigenvalue weighted by atomic mass is 32.1. The van der Waals surface area contributed by atoms with Crippen LogP contribution in [0.5, 0.6) is 0 Å². The molecule has 0 spiro atoms. The highest BCUT2D eigenvalue weighted by molar-refractivity contribution is 7.80. The van der Waals surface area contributed by atoms with Gasteiger partial charge in [-0.2, -0.15) is 0 Å². The predicted octanol–water partition coefficient (Wildman–Crippen LogP) is 3.34. The Hall–Kier alpha value is -0.150. The van der Waals surface area contributed by atoms with Gasteiger partial charge in [-0.1, -0.05) is 38.9 Å². The lowest BCUT2D eigenvalue weighted by atomic mass is 9.78. The molecule has 2 N–H and O–H groups in total. The molecule has 2 aliphatic rings. The average Bonchev–Trinajstić information content (AvgIpc) is 2.83. The highest BCUT2D eigenvalue weighted by Gasteiger charge is 2.33. The SMILES string of the molecule is CC1CCC(N(CC(N)=S)C2CCCC2)CC1C. The normalized spacial score (nSPS) is 34.1. The Kier molecular flexibility index (Phi) is 5.02. The molecule has 2 fully saturated rings. The van der Waals surface area contributed by atoms with Crippen LogP contribution in [-0.4, -0.2) is 28.5 Å². The summed E-state index contributed by atoms with van der Waals surface area (Å²) >= 11 is 5.17. The zero-order chi connectivity index (χ0) is 13.1. The number of nitrogens with zero attached hydrogens (tertiary/aromatic N) is 1. The van der Waals surface area contributed by atoms with E-state index < -0.39 is 0 Å². The first-order valence-corrected chi connectivity index (χ1v) is 8.02. The van der Waals surface area contributed by atoms with Crippen LogP contribution in [0.25, 0.3) is 0 Å². The second-order valence-corrected chi connectivity index (χ2v) is 7.02. The molecule has 2 saturated carbocycles. The number of hydrogen-bond acceptors (Lipinski definition) is 2. The van der Waals surface area contributed by atoms with Gasteiger partial charge in [0.1, 0.15) is 0 Å². The Labute approximate surface area is 117 Å². The third-order valence-electron chi connectivity index (χ3n) is 5.17. The number of hydrogen-bond donors (Lipinski definition) is 1. The van der Waals surface area contributed by atoms with Crippen molar-refractivity contribution in [3.63, 3.8) is 0 Å². The Morgan fingerprint density at radius 2 is 1.72 bits per heavy atom. The third-order valence-corrected chi connectivity index (χ3v) is 5.30. The lowest BCUT2D eigenvalue weighted by Crippen LogP contribution is -2.48. The van der Waals surface area contributed by atoms with Gasteiger partial charge in [0, 0.05) is 18.6 Å². The highest BCUT2D eigenvalue weighted by Crippen LogP contribution is 2.35. The van der Waals surface area contributed by atoms with Crippen LogP contribution >= 0.6 is 12.2 Å². The second kappa shape index (κ2) is 6.33. The molecule has 3 heteroatoms. The largest absolute Gasteiger partial charge is 0.392 e. The summed E-state index contributed by atoms with van der Waals surface area (Å²) in [5.74, 6) is 1.73. The fourth-order valence-electron chi connectivity index (χ4n) is 3.79. The molecule has 0 aromatic heterocycles. The minimum Gasteiger partial charge on any atom is -0.392 e. The van der Waals surface area contributed by atoms with Crippen molar-refractivity contribution in [1.82, 2.24) is 4.90 Å². The molecule has 0 aromatic rings. The zero-order valence-electron chi connectivity index (χ0n) is 11.9. The molecule has 0 saturated heterocycles. The van der Waals surface area contributed by atoms with Gasteiger partial charge in [0.25, 0.3) is 0 Å². The first kappa shape index (κ1) is 14.3. The summed E-state index contributed by atoms with van der Waals surface area (Å²) in [6.45, 7) is 5.64. The van der Waals surface area contributed by atoms with Crippen molar-refractivity contribution in [1.29, 1.82) is 0 Å². The van der Waals surface area contributed by atoms with Crippen LogP contribution in [0.3, 0.4) is 0 Å². The summed E-state index contributed by atoms with van der Waals surface area (Å²) in [5.41, 5.74) is 5.82. The maximum atomic E-state index is 5.82. The van der Waals surface area contributed by atoms with Crippen molar-refractivity contribution in [2.75, 3.05) is 6.54 Å². The fraction of sp³-hybridized carbons (Fsp3) is 0.933. The number of nitrogens with two attached hydrogens (primary N) is 1. The van der Waals surface area contributed by atoms with E-state index in [1.54, 1.807) is 0 Å². The smallest absolute Gasteiger partial charge is 0.0870 e. The molecule has 104 valence electrons. The van der Waals surface area contributed by atoms with Gasteiger partial charge in [-0.25, -0.2) is 0 Å². The molecule has 2 rings (SSSR count). The topological polar surface area (TPSA) is 29.3 Å². The van der Waals surface area contributed by atoms with Crippen LogP contribution in [-0.2, 0) is 0 Å². The standard InChI is InChI=1S/C15H28N2S/c1-11-7-8-14(9-12(11)2)17(10-15(16)18)13-5-3-4-6-13/h11-14H,3-10H2,1-2H3,(H2,16,18). The van der Waals surface area contributed by atoms with Crippen LogP contribution in [0, 0.1) is 11.8 Å². The molecule has 3 atom stereocenters. The lowest BCUT2D eigenvalue weighted by Gasteiger charge is -2.42. The second-order valence-electron chi connectivity index (χ2n) is 6.50. The maximum Gasteiger partial charge on any atom is 0.0870 e. The minimum absolute atomic E-state index is 0.674. The van der Waals surface area contributed by atoms with Crippen molar-refractivity contribution in [2.24, 2.45) is 17.6 Å². The van der Waals surface area contributed by atoms with Crippen molar-refractivity contribution >= 4 is 17.2 Å². The summed E-state index contributed by atoms with van der Waals surface area (Å²) < 4.78 is 0. The summed E-state index contributed by atoms with van der Waals surface area (Å²) in [5, 5.41) is 0. The molecule has 18 heavy (non-hydrogen) atoms. The van der Waals surface area contributed by atoms with E-state index in [1.165, 1.54) is 44.9 Å². The number of rotatable bonds is 4. The van der Waals surface area contributed by atoms with Crippen LogP contribution in [0.1, 0.15) is 58.8 Å². The Bertz CT molecular complexity index is 286. The molecule has 0 heterocycles. The van der Waals surface area contributed by atoms with Crippen LogP contribution in [0.15, 0.2) is 0 Å². The van der Waals surface area contributed by atoms with E-state index in [0.29, 0.717) is 4.99 Å². The minimum atomic E-state index is 0.674. The molecular formula is C15H28N2S. The van der Waals surface area contributed by atoms with Crippen molar-refractivity contribution in [3.05, 3.63) is 0 Å². The van der Waals surface area contributed by atoms with Crippen molar-refractivity contribution in [3.8, 4) is 0 Å². The van der Waals surface area contributed by atoms with E-state index in [0.717, 1.165) is 30.5 Å². The van der Waals surface area contributed by atoms with Gasteiger partial charge in [0.15, 0.2) is 0 Å². The quantitative estimate of drug-likeness (QED) is 0.793. The Morgan fingerprint density at radius 3 is 2.28 bits per heavy atom. The molecule has 0 amide bonds. The van der Waals surface area contributed by atoms with E-state index in [2.05, 4.69) is 18.7 Å². The van der Waals surface area contributed by atoms with E-state index in [1.807, 2.05) is 0 Å². The van der Waals surface area contributed by atoms with E-state index in [4.69, 9.17) is 18.0 Å². The molecule has 0 radical (unpaired) electrons.